The summed E-state index contributed by atoms with van der Waals surface area (Å²) in [7, 11) is 0. The van der Waals surface area contributed by atoms with Gasteiger partial charge in [0.05, 0.1) is 0 Å². The summed E-state index contributed by atoms with van der Waals surface area (Å²) in [6.45, 7) is 2.20. The van der Waals surface area contributed by atoms with Crippen molar-refractivity contribution in [3.63, 3.8) is 0 Å². The van der Waals surface area contributed by atoms with Crippen molar-refractivity contribution in [3.8, 4) is 5.75 Å². The van der Waals surface area contributed by atoms with Gasteiger partial charge in [-0.25, -0.2) is 4.39 Å². The van der Waals surface area contributed by atoms with Crippen molar-refractivity contribution in [3.05, 3.63) is 64.9 Å². The first-order valence-corrected chi connectivity index (χ1v) is 7.40. The van der Waals surface area contributed by atoms with Crippen molar-refractivity contribution in [1.29, 1.82) is 0 Å². The van der Waals surface area contributed by atoms with Gasteiger partial charge < -0.3 is 10.1 Å². The molecule has 0 saturated heterocycles. The minimum Gasteiger partial charge on any atom is -0.481 e. The van der Waals surface area contributed by atoms with Crippen LogP contribution in [0.2, 0.25) is 5.02 Å². The topological polar surface area (TPSA) is 38.3 Å². The summed E-state index contributed by atoms with van der Waals surface area (Å²) < 4.78 is 18.5. The SMILES string of the molecule is CCC(Oc1cccc(Cl)c1)C(=O)NCc1ccc(F)cc1. The third kappa shape index (κ3) is 4.74. The highest BCUT2D eigenvalue weighted by molar-refractivity contribution is 6.30. The zero-order valence-electron chi connectivity index (χ0n) is 12.2. The van der Waals surface area contributed by atoms with Gasteiger partial charge in [-0.3, -0.25) is 4.79 Å². The lowest BCUT2D eigenvalue weighted by molar-refractivity contribution is -0.128. The van der Waals surface area contributed by atoms with Crippen LogP contribution in [0.5, 0.6) is 5.75 Å². The van der Waals surface area contributed by atoms with Gasteiger partial charge in [-0.05, 0) is 42.3 Å². The molecule has 2 aromatic carbocycles. The summed E-state index contributed by atoms with van der Waals surface area (Å²) in [5.74, 6) is 0.0360. The quantitative estimate of drug-likeness (QED) is 0.874. The van der Waals surface area contributed by atoms with Gasteiger partial charge in [-0.2, -0.15) is 0 Å². The Labute approximate surface area is 134 Å². The molecule has 0 aliphatic carbocycles. The maximum absolute atomic E-state index is 12.8. The van der Waals surface area contributed by atoms with Gasteiger partial charge in [0, 0.05) is 11.6 Å². The Balaban J connectivity index is 1.92. The van der Waals surface area contributed by atoms with Gasteiger partial charge in [0.1, 0.15) is 11.6 Å². The molecule has 0 aliphatic heterocycles. The highest BCUT2D eigenvalue weighted by Crippen LogP contribution is 2.19. The van der Waals surface area contributed by atoms with E-state index in [2.05, 4.69) is 5.32 Å². The Bertz CT molecular complexity index is 631. The van der Waals surface area contributed by atoms with E-state index in [1.807, 2.05) is 6.92 Å². The fourth-order valence-electron chi connectivity index (χ4n) is 1.93. The first-order chi connectivity index (χ1) is 10.6. The number of benzene rings is 2. The second-order valence-electron chi connectivity index (χ2n) is 4.82. The third-order valence-electron chi connectivity index (χ3n) is 3.12. The van der Waals surface area contributed by atoms with Crippen LogP contribution in [0.4, 0.5) is 4.39 Å². The van der Waals surface area contributed by atoms with Gasteiger partial charge in [0.15, 0.2) is 6.10 Å². The third-order valence-corrected chi connectivity index (χ3v) is 3.35. The van der Waals surface area contributed by atoms with E-state index in [9.17, 15) is 9.18 Å². The Morgan fingerprint density at radius 2 is 2.00 bits per heavy atom. The zero-order valence-corrected chi connectivity index (χ0v) is 12.9. The number of carbonyl (C=O) groups is 1. The summed E-state index contributed by atoms with van der Waals surface area (Å²) in [6, 6.07) is 12.9. The Morgan fingerprint density at radius 1 is 1.27 bits per heavy atom. The van der Waals surface area contributed by atoms with Crippen LogP contribution in [0.15, 0.2) is 48.5 Å². The van der Waals surface area contributed by atoms with E-state index in [1.165, 1.54) is 12.1 Å². The van der Waals surface area contributed by atoms with Gasteiger partial charge in [0.2, 0.25) is 0 Å². The van der Waals surface area contributed by atoms with E-state index in [4.69, 9.17) is 16.3 Å². The van der Waals surface area contributed by atoms with E-state index in [1.54, 1.807) is 36.4 Å². The minimum absolute atomic E-state index is 0.216. The molecule has 2 rings (SSSR count). The van der Waals surface area contributed by atoms with Crippen molar-refractivity contribution in [2.75, 3.05) is 0 Å². The molecule has 2 aromatic rings. The highest BCUT2D eigenvalue weighted by Gasteiger charge is 2.18. The predicted octanol–water partition coefficient (Wildman–Crippen LogP) is 3.95. The fourth-order valence-corrected chi connectivity index (χ4v) is 2.11. The first kappa shape index (κ1) is 16.3. The monoisotopic (exact) mass is 321 g/mol. The molecule has 0 aliphatic rings. The lowest BCUT2D eigenvalue weighted by Gasteiger charge is -2.17. The summed E-state index contributed by atoms with van der Waals surface area (Å²) in [4.78, 5) is 12.2. The highest BCUT2D eigenvalue weighted by atomic mass is 35.5. The van der Waals surface area contributed by atoms with Crippen molar-refractivity contribution >= 4 is 17.5 Å². The van der Waals surface area contributed by atoms with Crippen LogP contribution in [0, 0.1) is 5.82 Å². The number of halogens is 2. The maximum Gasteiger partial charge on any atom is 0.261 e. The number of nitrogens with one attached hydrogen (secondary N) is 1. The minimum atomic E-state index is -0.598. The Kier molecular flexibility index (Phi) is 5.78. The van der Waals surface area contributed by atoms with Gasteiger partial charge >= 0.3 is 0 Å². The van der Waals surface area contributed by atoms with Gasteiger partial charge in [0.25, 0.3) is 5.91 Å². The van der Waals surface area contributed by atoms with Crippen molar-refractivity contribution in [2.45, 2.75) is 26.0 Å². The molecule has 22 heavy (non-hydrogen) atoms. The van der Waals surface area contributed by atoms with E-state index in [-0.39, 0.29) is 11.7 Å². The van der Waals surface area contributed by atoms with E-state index < -0.39 is 6.10 Å². The van der Waals surface area contributed by atoms with Crippen LogP contribution in [-0.2, 0) is 11.3 Å². The van der Waals surface area contributed by atoms with Crippen LogP contribution in [0.25, 0.3) is 0 Å². The molecule has 0 bridgehead atoms. The molecule has 0 heterocycles. The molecule has 5 heteroatoms. The average molecular weight is 322 g/mol. The second-order valence-corrected chi connectivity index (χ2v) is 5.25. The summed E-state index contributed by atoms with van der Waals surface area (Å²) in [6.07, 6.45) is -0.0687. The number of amides is 1. The van der Waals surface area contributed by atoms with Crippen molar-refractivity contribution in [2.24, 2.45) is 0 Å². The molecule has 116 valence electrons. The van der Waals surface area contributed by atoms with Crippen LogP contribution in [-0.4, -0.2) is 12.0 Å². The molecule has 0 saturated carbocycles. The number of hydrogen-bond acceptors (Lipinski definition) is 2. The summed E-state index contributed by atoms with van der Waals surface area (Å²) in [5, 5.41) is 3.34. The van der Waals surface area contributed by atoms with Crippen LogP contribution < -0.4 is 10.1 Å². The molecular formula is C17H17ClFNO2. The van der Waals surface area contributed by atoms with E-state index in [0.29, 0.717) is 23.7 Å². The molecule has 1 amide bonds. The molecule has 1 atom stereocenters. The van der Waals surface area contributed by atoms with Crippen LogP contribution >= 0.6 is 11.6 Å². The number of rotatable bonds is 6. The van der Waals surface area contributed by atoms with Gasteiger partial charge in [-0.1, -0.05) is 36.7 Å². The molecular weight excluding hydrogens is 305 g/mol. The van der Waals surface area contributed by atoms with Gasteiger partial charge in [-0.15, -0.1) is 0 Å². The average Bonchev–Trinajstić information content (AvgIpc) is 2.52. The lowest BCUT2D eigenvalue weighted by atomic mass is 10.2. The summed E-state index contributed by atoms with van der Waals surface area (Å²) in [5.41, 5.74) is 0.826. The van der Waals surface area contributed by atoms with Crippen LogP contribution in [0.1, 0.15) is 18.9 Å². The Hall–Kier alpha value is -2.07. The standard InChI is InChI=1S/C17H17ClFNO2/c1-2-16(22-15-5-3-4-13(18)10-15)17(21)20-11-12-6-8-14(19)9-7-12/h3-10,16H,2,11H2,1H3,(H,20,21). The van der Waals surface area contributed by atoms with Crippen LogP contribution in [0.3, 0.4) is 0 Å². The van der Waals surface area contributed by atoms with E-state index >= 15 is 0 Å². The Morgan fingerprint density at radius 3 is 2.64 bits per heavy atom. The molecule has 1 unspecified atom stereocenters. The largest absolute Gasteiger partial charge is 0.481 e. The molecule has 0 spiro atoms. The normalized spacial score (nSPS) is 11.8. The lowest BCUT2D eigenvalue weighted by Crippen LogP contribution is -2.37. The molecule has 1 N–H and O–H groups in total. The second kappa shape index (κ2) is 7.80. The predicted molar refractivity (Wildman–Crippen MR) is 84.4 cm³/mol. The number of carbonyl (C=O) groups excluding carboxylic acids is 1. The van der Waals surface area contributed by atoms with E-state index in [0.717, 1.165) is 5.56 Å². The fraction of sp³-hybridized carbons (Fsp3) is 0.235. The first-order valence-electron chi connectivity index (χ1n) is 7.03. The molecule has 0 radical (unpaired) electrons. The molecule has 3 nitrogen and oxygen atoms in total. The molecule has 0 aromatic heterocycles. The number of ether oxygens (including phenoxy) is 1. The molecule has 0 fully saturated rings. The maximum atomic E-state index is 12.8. The van der Waals surface area contributed by atoms with Crippen molar-refractivity contribution < 1.29 is 13.9 Å². The zero-order chi connectivity index (χ0) is 15.9. The summed E-state index contributed by atoms with van der Waals surface area (Å²) >= 11 is 5.89. The number of hydrogen-bond donors (Lipinski definition) is 1. The van der Waals surface area contributed by atoms with Crippen molar-refractivity contribution in [1.82, 2.24) is 5.32 Å². The smallest absolute Gasteiger partial charge is 0.261 e.